The Morgan fingerprint density at radius 2 is 2.38 bits per heavy atom. The predicted octanol–water partition coefficient (Wildman–Crippen LogP) is 1.56. The first-order valence-electron chi connectivity index (χ1n) is 5.33. The Bertz CT molecular complexity index is 398. The predicted molar refractivity (Wildman–Crippen MR) is 62.0 cm³/mol. The van der Waals surface area contributed by atoms with E-state index < -0.39 is 0 Å². The molecule has 2 aromatic rings. The molecule has 16 heavy (non-hydrogen) atoms. The molecule has 1 unspecified atom stereocenters. The summed E-state index contributed by atoms with van der Waals surface area (Å²) >= 11 is 0. The highest BCUT2D eigenvalue weighted by molar-refractivity contribution is 5.40. The highest BCUT2D eigenvalue weighted by atomic mass is 15.3. The zero-order chi connectivity index (χ0) is 11.2. The molecule has 1 atom stereocenters. The number of rotatable bonds is 5. The second-order valence-corrected chi connectivity index (χ2v) is 3.73. The summed E-state index contributed by atoms with van der Waals surface area (Å²) in [5.41, 5.74) is 1.05. The van der Waals surface area contributed by atoms with Crippen molar-refractivity contribution in [2.24, 2.45) is 0 Å². The van der Waals surface area contributed by atoms with Gasteiger partial charge in [-0.2, -0.15) is 5.10 Å². The molecule has 2 heterocycles. The first-order valence-corrected chi connectivity index (χ1v) is 5.33. The van der Waals surface area contributed by atoms with Crippen LogP contribution >= 0.6 is 0 Å². The van der Waals surface area contributed by atoms with Gasteiger partial charge < -0.3 is 5.32 Å². The van der Waals surface area contributed by atoms with Crippen molar-refractivity contribution in [3.63, 3.8) is 0 Å². The fraction of sp³-hybridized carbons (Fsp3) is 0.364. The van der Waals surface area contributed by atoms with E-state index in [1.807, 2.05) is 23.0 Å². The highest BCUT2D eigenvalue weighted by Crippen LogP contribution is 2.07. The van der Waals surface area contributed by atoms with Crippen molar-refractivity contribution >= 4 is 5.69 Å². The van der Waals surface area contributed by atoms with Gasteiger partial charge in [0.25, 0.3) is 0 Å². The molecule has 0 aliphatic carbocycles. The summed E-state index contributed by atoms with van der Waals surface area (Å²) < 4.78 is 1.83. The van der Waals surface area contributed by atoms with E-state index >= 15 is 0 Å². The van der Waals surface area contributed by atoms with Crippen molar-refractivity contribution in [1.29, 1.82) is 0 Å². The Morgan fingerprint density at radius 1 is 1.44 bits per heavy atom. The molecule has 0 spiro atoms. The lowest BCUT2D eigenvalue weighted by Gasteiger charge is -2.14. The van der Waals surface area contributed by atoms with Crippen molar-refractivity contribution in [2.45, 2.75) is 25.9 Å². The van der Waals surface area contributed by atoms with Gasteiger partial charge in [-0.25, -0.2) is 4.98 Å². The van der Waals surface area contributed by atoms with Gasteiger partial charge in [-0.3, -0.25) is 9.67 Å². The van der Waals surface area contributed by atoms with Gasteiger partial charge in [-0.1, -0.05) is 0 Å². The van der Waals surface area contributed by atoms with Crippen molar-refractivity contribution < 1.29 is 0 Å². The number of aryl methyl sites for hydroxylation is 1. The van der Waals surface area contributed by atoms with Crippen LogP contribution in [-0.2, 0) is 6.54 Å². The molecule has 0 saturated carbocycles. The first-order chi connectivity index (χ1) is 7.84. The first kappa shape index (κ1) is 10.6. The van der Waals surface area contributed by atoms with Crippen LogP contribution in [0.2, 0.25) is 0 Å². The Hall–Kier alpha value is -1.91. The minimum Gasteiger partial charge on any atom is -0.381 e. The molecule has 0 aromatic carbocycles. The molecule has 0 aliphatic rings. The van der Waals surface area contributed by atoms with E-state index in [1.54, 1.807) is 18.9 Å². The number of hydrogen-bond donors (Lipinski definition) is 1. The Morgan fingerprint density at radius 3 is 3.06 bits per heavy atom. The van der Waals surface area contributed by atoms with Crippen molar-refractivity contribution in [1.82, 2.24) is 19.7 Å². The standard InChI is InChI=1S/C11H15N5/c1-10(4-6-16-9-13-8-14-16)15-11-3-2-5-12-7-11/h2-3,5,7-10,15H,4,6H2,1H3. The summed E-state index contributed by atoms with van der Waals surface area (Å²) in [5.74, 6) is 0. The molecule has 0 radical (unpaired) electrons. The number of nitrogens with zero attached hydrogens (tertiary/aromatic N) is 4. The Balaban J connectivity index is 1.78. The average Bonchev–Trinajstić information content (AvgIpc) is 2.81. The van der Waals surface area contributed by atoms with Gasteiger partial charge in [0.1, 0.15) is 12.7 Å². The van der Waals surface area contributed by atoms with E-state index in [1.165, 1.54) is 0 Å². The molecule has 5 nitrogen and oxygen atoms in total. The molecule has 5 heteroatoms. The lowest BCUT2D eigenvalue weighted by Crippen LogP contribution is -2.17. The normalized spacial score (nSPS) is 12.3. The van der Waals surface area contributed by atoms with Crippen LogP contribution in [-0.4, -0.2) is 25.8 Å². The van der Waals surface area contributed by atoms with Crippen LogP contribution in [0.4, 0.5) is 5.69 Å². The molecule has 0 aliphatic heterocycles. The van der Waals surface area contributed by atoms with Crippen LogP contribution in [0.1, 0.15) is 13.3 Å². The fourth-order valence-electron chi connectivity index (χ4n) is 1.48. The molecule has 1 N–H and O–H groups in total. The second-order valence-electron chi connectivity index (χ2n) is 3.73. The Labute approximate surface area is 94.5 Å². The number of pyridine rings is 1. The maximum Gasteiger partial charge on any atom is 0.137 e. The van der Waals surface area contributed by atoms with Gasteiger partial charge in [0, 0.05) is 25.0 Å². The van der Waals surface area contributed by atoms with Crippen LogP contribution in [0.15, 0.2) is 37.2 Å². The molecular weight excluding hydrogens is 202 g/mol. The van der Waals surface area contributed by atoms with Crippen molar-refractivity contribution in [3.8, 4) is 0 Å². The van der Waals surface area contributed by atoms with Gasteiger partial charge in [0.05, 0.1) is 5.69 Å². The lowest BCUT2D eigenvalue weighted by atomic mass is 10.2. The van der Waals surface area contributed by atoms with Gasteiger partial charge in [-0.15, -0.1) is 0 Å². The van der Waals surface area contributed by atoms with Gasteiger partial charge in [0.2, 0.25) is 0 Å². The number of hydrogen-bond acceptors (Lipinski definition) is 4. The maximum absolute atomic E-state index is 4.06. The summed E-state index contributed by atoms with van der Waals surface area (Å²) in [6.45, 7) is 3.01. The summed E-state index contributed by atoms with van der Waals surface area (Å²) in [6.07, 6.45) is 7.88. The van der Waals surface area contributed by atoms with Crippen molar-refractivity contribution in [3.05, 3.63) is 37.2 Å². The molecule has 2 aromatic heterocycles. The van der Waals surface area contributed by atoms with E-state index in [0.717, 1.165) is 18.7 Å². The molecule has 84 valence electrons. The highest BCUT2D eigenvalue weighted by Gasteiger charge is 2.02. The van der Waals surface area contributed by atoms with Crippen LogP contribution in [0, 0.1) is 0 Å². The number of anilines is 1. The third-order valence-corrected chi connectivity index (χ3v) is 2.33. The van der Waals surface area contributed by atoms with E-state index in [0.29, 0.717) is 6.04 Å². The number of aromatic nitrogens is 4. The van der Waals surface area contributed by atoms with Crippen LogP contribution in [0.25, 0.3) is 0 Å². The maximum atomic E-state index is 4.06. The van der Waals surface area contributed by atoms with Crippen molar-refractivity contribution in [2.75, 3.05) is 5.32 Å². The monoisotopic (exact) mass is 217 g/mol. The third-order valence-electron chi connectivity index (χ3n) is 2.33. The topological polar surface area (TPSA) is 55.6 Å². The van der Waals surface area contributed by atoms with Gasteiger partial charge in [-0.05, 0) is 25.5 Å². The zero-order valence-electron chi connectivity index (χ0n) is 9.24. The Kier molecular flexibility index (Phi) is 3.48. The van der Waals surface area contributed by atoms with Crippen LogP contribution in [0.5, 0.6) is 0 Å². The summed E-state index contributed by atoms with van der Waals surface area (Å²) in [5, 5.41) is 7.44. The van der Waals surface area contributed by atoms with Gasteiger partial charge >= 0.3 is 0 Å². The summed E-state index contributed by atoms with van der Waals surface area (Å²) in [4.78, 5) is 7.96. The lowest BCUT2D eigenvalue weighted by molar-refractivity contribution is 0.544. The smallest absolute Gasteiger partial charge is 0.137 e. The average molecular weight is 217 g/mol. The number of nitrogens with one attached hydrogen (secondary N) is 1. The largest absolute Gasteiger partial charge is 0.381 e. The third kappa shape index (κ3) is 3.05. The molecular formula is C11H15N5. The zero-order valence-corrected chi connectivity index (χ0v) is 9.24. The van der Waals surface area contributed by atoms with E-state index in [9.17, 15) is 0 Å². The molecule has 0 saturated heterocycles. The van der Waals surface area contributed by atoms with Gasteiger partial charge in [0.15, 0.2) is 0 Å². The molecule has 0 fully saturated rings. The SMILES string of the molecule is CC(CCn1cncn1)Nc1cccnc1. The molecule has 0 bridgehead atoms. The van der Waals surface area contributed by atoms with E-state index in [4.69, 9.17) is 0 Å². The fourth-order valence-corrected chi connectivity index (χ4v) is 1.48. The van der Waals surface area contributed by atoms with E-state index in [-0.39, 0.29) is 0 Å². The van der Waals surface area contributed by atoms with Crippen LogP contribution < -0.4 is 5.32 Å². The minimum atomic E-state index is 0.383. The molecule has 2 rings (SSSR count). The second kappa shape index (κ2) is 5.25. The van der Waals surface area contributed by atoms with Crippen LogP contribution in [0.3, 0.4) is 0 Å². The minimum absolute atomic E-state index is 0.383. The quantitative estimate of drug-likeness (QED) is 0.825. The van der Waals surface area contributed by atoms with E-state index in [2.05, 4.69) is 27.3 Å². The summed E-state index contributed by atoms with van der Waals surface area (Å²) in [6, 6.07) is 4.32. The molecule has 0 amide bonds. The summed E-state index contributed by atoms with van der Waals surface area (Å²) in [7, 11) is 0.